The molecule has 6 nitrogen and oxygen atoms in total. The number of sulfone groups is 1. The van der Waals surface area contributed by atoms with Gasteiger partial charge in [-0.05, 0) is 38.3 Å². The van der Waals surface area contributed by atoms with E-state index in [1.165, 1.54) is 6.26 Å². The third-order valence-electron chi connectivity index (χ3n) is 4.53. The Bertz CT molecular complexity index is 703. The van der Waals surface area contributed by atoms with E-state index >= 15 is 0 Å². The highest BCUT2D eigenvalue weighted by Crippen LogP contribution is 2.18. The molecule has 0 unspecified atom stereocenters. The van der Waals surface area contributed by atoms with Crippen LogP contribution in [-0.2, 0) is 14.6 Å². The molecule has 0 bridgehead atoms. The van der Waals surface area contributed by atoms with E-state index in [1.54, 1.807) is 36.1 Å². The first-order valence-corrected chi connectivity index (χ1v) is 10.6. The molecule has 1 aliphatic heterocycles. The van der Waals surface area contributed by atoms with Gasteiger partial charge in [-0.25, -0.2) is 8.42 Å². The molecule has 7 heteroatoms. The van der Waals surface area contributed by atoms with Crippen molar-refractivity contribution in [2.45, 2.75) is 43.9 Å². The average Bonchev–Trinajstić information content (AvgIpc) is 2.81. The van der Waals surface area contributed by atoms with Gasteiger partial charge in [0.05, 0.1) is 5.25 Å². The van der Waals surface area contributed by atoms with Crippen molar-refractivity contribution >= 4 is 21.7 Å². The number of rotatable bonds is 5. The van der Waals surface area contributed by atoms with Crippen LogP contribution in [-0.4, -0.2) is 55.8 Å². The maximum Gasteiger partial charge on any atom is 0.251 e. The van der Waals surface area contributed by atoms with E-state index in [0.717, 1.165) is 0 Å². The number of nitrogens with zero attached hydrogens (tertiary/aromatic N) is 1. The Labute approximate surface area is 149 Å². The molecule has 1 aliphatic rings. The van der Waals surface area contributed by atoms with Crippen LogP contribution in [0.2, 0.25) is 0 Å². The lowest BCUT2D eigenvalue weighted by molar-refractivity contribution is -0.131. The SMILES string of the molecule is C[C@H](CC(=O)N1CCC[C@@H](S(C)(=O)=O)CC1)NC(=O)c1ccccc1. The Balaban J connectivity index is 1.85. The molecule has 2 atom stereocenters. The Morgan fingerprint density at radius 3 is 2.52 bits per heavy atom. The summed E-state index contributed by atoms with van der Waals surface area (Å²) in [5, 5.41) is 2.47. The van der Waals surface area contributed by atoms with Crippen molar-refractivity contribution in [1.29, 1.82) is 0 Å². The second-order valence-electron chi connectivity index (χ2n) is 6.71. The highest BCUT2D eigenvalue weighted by atomic mass is 32.2. The molecule has 0 aromatic heterocycles. The number of nitrogens with one attached hydrogen (secondary N) is 1. The van der Waals surface area contributed by atoms with Crippen LogP contribution < -0.4 is 5.32 Å². The fraction of sp³-hybridized carbons (Fsp3) is 0.556. The highest BCUT2D eigenvalue weighted by molar-refractivity contribution is 7.91. The van der Waals surface area contributed by atoms with E-state index in [-0.39, 0.29) is 29.5 Å². The normalized spacial score (nSPS) is 19.8. The van der Waals surface area contributed by atoms with Crippen LogP contribution in [0.3, 0.4) is 0 Å². The van der Waals surface area contributed by atoms with Gasteiger partial charge < -0.3 is 10.2 Å². The minimum atomic E-state index is -3.06. The van der Waals surface area contributed by atoms with Gasteiger partial charge in [-0.1, -0.05) is 18.2 Å². The Morgan fingerprint density at radius 1 is 1.20 bits per heavy atom. The standard InChI is InChI=1S/C18H26N2O4S/c1-14(19-18(22)15-7-4-3-5-8-15)13-17(21)20-11-6-9-16(10-12-20)25(2,23)24/h3-5,7-8,14,16H,6,9-13H2,1-2H3,(H,19,22)/t14-,16-/m1/s1. The van der Waals surface area contributed by atoms with E-state index in [2.05, 4.69) is 5.32 Å². The third-order valence-corrected chi connectivity index (χ3v) is 6.21. The van der Waals surface area contributed by atoms with Crippen LogP contribution >= 0.6 is 0 Å². The number of carbonyl (C=O) groups is 2. The summed E-state index contributed by atoms with van der Waals surface area (Å²) >= 11 is 0. The summed E-state index contributed by atoms with van der Waals surface area (Å²) in [4.78, 5) is 26.3. The quantitative estimate of drug-likeness (QED) is 0.858. The van der Waals surface area contributed by atoms with Gasteiger partial charge in [0, 0.05) is 37.4 Å². The highest BCUT2D eigenvalue weighted by Gasteiger charge is 2.27. The van der Waals surface area contributed by atoms with Crippen LogP contribution in [0.4, 0.5) is 0 Å². The third kappa shape index (κ3) is 5.85. The second kappa shape index (κ2) is 8.47. The predicted molar refractivity (Wildman–Crippen MR) is 97.1 cm³/mol. The zero-order valence-corrected chi connectivity index (χ0v) is 15.6. The van der Waals surface area contributed by atoms with Gasteiger partial charge in [-0.3, -0.25) is 9.59 Å². The minimum absolute atomic E-state index is 0.0463. The van der Waals surface area contributed by atoms with E-state index in [9.17, 15) is 18.0 Å². The summed E-state index contributed by atoms with van der Waals surface area (Å²) in [6.07, 6.45) is 3.24. The van der Waals surface area contributed by atoms with Crippen molar-refractivity contribution in [1.82, 2.24) is 10.2 Å². The van der Waals surface area contributed by atoms with Gasteiger partial charge in [0.25, 0.3) is 5.91 Å². The lowest BCUT2D eigenvalue weighted by atomic mass is 10.1. The topological polar surface area (TPSA) is 83.6 Å². The summed E-state index contributed by atoms with van der Waals surface area (Å²) in [7, 11) is -3.06. The molecule has 1 fully saturated rings. The molecule has 1 aromatic rings. The summed E-state index contributed by atoms with van der Waals surface area (Å²) in [5.41, 5.74) is 0.563. The van der Waals surface area contributed by atoms with Gasteiger partial charge in [-0.2, -0.15) is 0 Å². The van der Waals surface area contributed by atoms with E-state index in [1.807, 2.05) is 6.07 Å². The average molecular weight is 366 g/mol. The number of hydrogen-bond donors (Lipinski definition) is 1. The van der Waals surface area contributed by atoms with Gasteiger partial charge >= 0.3 is 0 Å². The number of hydrogen-bond acceptors (Lipinski definition) is 4. The summed E-state index contributed by atoms with van der Waals surface area (Å²) in [5.74, 6) is -0.246. The van der Waals surface area contributed by atoms with Crippen LogP contribution in [0.25, 0.3) is 0 Å². The van der Waals surface area contributed by atoms with Crippen LogP contribution in [0, 0.1) is 0 Å². The maximum atomic E-state index is 12.5. The Morgan fingerprint density at radius 2 is 1.88 bits per heavy atom. The molecular weight excluding hydrogens is 340 g/mol. The maximum absolute atomic E-state index is 12.5. The molecule has 1 aromatic carbocycles. The molecule has 0 aliphatic carbocycles. The van der Waals surface area contributed by atoms with Gasteiger partial charge in [0.2, 0.25) is 5.91 Å². The number of carbonyl (C=O) groups excluding carboxylic acids is 2. The monoisotopic (exact) mass is 366 g/mol. The number of amides is 2. The van der Waals surface area contributed by atoms with Crippen molar-refractivity contribution in [2.24, 2.45) is 0 Å². The van der Waals surface area contributed by atoms with Crippen molar-refractivity contribution < 1.29 is 18.0 Å². The molecule has 0 saturated carbocycles. The Hall–Kier alpha value is -1.89. The zero-order valence-electron chi connectivity index (χ0n) is 14.8. The molecule has 2 rings (SSSR count). The first kappa shape index (κ1) is 19.4. The van der Waals surface area contributed by atoms with E-state index < -0.39 is 9.84 Å². The molecule has 25 heavy (non-hydrogen) atoms. The molecular formula is C18H26N2O4S. The van der Waals surface area contributed by atoms with Crippen molar-refractivity contribution in [3.63, 3.8) is 0 Å². The Kier molecular flexibility index (Phi) is 6.58. The molecule has 138 valence electrons. The minimum Gasteiger partial charge on any atom is -0.349 e. The molecule has 0 spiro atoms. The zero-order chi connectivity index (χ0) is 18.4. The largest absolute Gasteiger partial charge is 0.349 e. The first-order chi connectivity index (χ1) is 11.8. The molecule has 2 amide bonds. The summed E-state index contributed by atoms with van der Waals surface area (Å²) in [6, 6.07) is 8.59. The summed E-state index contributed by atoms with van der Waals surface area (Å²) < 4.78 is 23.4. The molecule has 1 N–H and O–H groups in total. The molecule has 0 radical (unpaired) electrons. The first-order valence-electron chi connectivity index (χ1n) is 8.60. The smallest absolute Gasteiger partial charge is 0.251 e. The van der Waals surface area contributed by atoms with Crippen LogP contribution in [0.1, 0.15) is 43.0 Å². The molecule has 1 saturated heterocycles. The van der Waals surface area contributed by atoms with E-state index in [4.69, 9.17) is 0 Å². The molecule has 1 heterocycles. The fourth-order valence-corrected chi connectivity index (χ4v) is 4.21. The van der Waals surface area contributed by atoms with Crippen LogP contribution in [0.15, 0.2) is 30.3 Å². The predicted octanol–water partition coefficient (Wildman–Crippen LogP) is 1.62. The van der Waals surface area contributed by atoms with Crippen molar-refractivity contribution in [3.05, 3.63) is 35.9 Å². The van der Waals surface area contributed by atoms with Gasteiger partial charge in [0.1, 0.15) is 9.84 Å². The van der Waals surface area contributed by atoms with Crippen molar-refractivity contribution in [3.8, 4) is 0 Å². The van der Waals surface area contributed by atoms with Gasteiger partial charge in [-0.15, -0.1) is 0 Å². The van der Waals surface area contributed by atoms with E-state index in [0.29, 0.717) is 37.9 Å². The van der Waals surface area contributed by atoms with Crippen LogP contribution in [0.5, 0.6) is 0 Å². The lowest BCUT2D eigenvalue weighted by Crippen LogP contribution is -2.39. The fourth-order valence-electron chi connectivity index (χ4n) is 3.08. The lowest BCUT2D eigenvalue weighted by Gasteiger charge is -2.23. The second-order valence-corrected chi connectivity index (χ2v) is 9.03. The van der Waals surface area contributed by atoms with Gasteiger partial charge in [0.15, 0.2) is 0 Å². The van der Waals surface area contributed by atoms with Crippen molar-refractivity contribution in [2.75, 3.05) is 19.3 Å². The summed E-state index contributed by atoms with van der Waals surface area (Å²) in [6.45, 7) is 2.83. The number of likely N-dealkylation sites (tertiary alicyclic amines) is 1. The number of benzene rings is 1.